The van der Waals surface area contributed by atoms with Gasteiger partial charge in [-0.2, -0.15) is 0 Å². The predicted molar refractivity (Wildman–Crippen MR) is 104 cm³/mol. The molecule has 2 aromatic carbocycles. The number of nitrogens with one attached hydrogen (secondary N) is 2. The van der Waals surface area contributed by atoms with Gasteiger partial charge in [-0.25, -0.2) is 4.79 Å². The molecule has 8 nitrogen and oxygen atoms in total. The quantitative estimate of drug-likeness (QED) is 0.734. The van der Waals surface area contributed by atoms with Gasteiger partial charge in [0.25, 0.3) is 0 Å². The molecule has 0 radical (unpaired) electrons. The summed E-state index contributed by atoms with van der Waals surface area (Å²) in [5.41, 5.74) is 1.95. The average molecular weight is 383 g/mol. The fraction of sp³-hybridized carbons (Fsp3) is 0.250. The summed E-state index contributed by atoms with van der Waals surface area (Å²) in [5.74, 6) is -0.982. The van der Waals surface area contributed by atoms with Gasteiger partial charge in [-0.05, 0) is 36.6 Å². The van der Waals surface area contributed by atoms with E-state index < -0.39 is 30.5 Å². The van der Waals surface area contributed by atoms with Crippen LogP contribution in [0.5, 0.6) is 5.75 Å². The molecule has 2 aromatic rings. The molecule has 0 spiro atoms. The maximum absolute atomic E-state index is 12.9. The molecule has 0 saturated carbocycles. The van der Waals surface area contributed by atoms with E-state index in [1.54, 1.807) is 36.4 Å². The summed E-state index contributed by atoms with van der Waals surface area (Å²) in [6.07, 6.45) is 0.916. The number of methoxy groups -OCH3 is 1. The van der Waals surface area contributed by atoms with Crippen LogP contribution in [0.1, 0.15) is 12.0 Å². The zero-order valence-electron chi connectivity index (χ0n) is 15.3. The summed E-state index contributed by atoms with van der Waals surface area (Å²) in [6, 6.07) is 12.6. The number of rotatable bonds is 5. The standard InChI is InChI=1S/C20H21N3O5/c1-28-15-7-4-6-14(11-15)21-20(27)22-16-10-9-13-5-2-3-8-17(13)23(19(16)26)12-18(24)25/h2-8,11,16H,9-10,12H2,1H3,(H,24,25)(H2,21,22,27). The van der Waals surface area contributed by atoms with Gasteiger partial charge in [-0.3, -0.25) is 14.5 Å². The Hall–Kier alpha value is -3.55. The van der Waals surface area contributed by atoms with Gasteiger partial charge in [0.2, 0.25) is 5.91 Å². The lowest BCUT2D eigenvalue weighted by Crippen LogP contribution is -2.50. The Balaban J connectivity index is 1.75. The molecule has 1 aliphatic heterocycles. The minimum Gasteiger partial charge on any atom is -0.497 e. The Kier molecular flexibility index (Phi) is 5.78. The Labute approximate surface area is 162 Å². The lowest BCUT2D eigenvalue weighted by molar-refractivity contribution is -0.136. The Morgan fingerprint density at radius 3 is 2.75 bits per heavy atom. The lowest BCUT2D eigenvalue weighted by Gasteiger charge is -2.24. The number of ether oxygens (including phenoxy) is 1. The molecule has 3 amide bonds. The molecule has 0 bridgehead atoms. The van der Waals surface area contributed by atoms with Gasteiger partial charge < -0.3 is 20.5 Å². The minimum absolute atomic E-state index is 0.373. The smallest absolute Gasteiger partial charge is 0.323 e. The largest absolute Gasteiger partial charge is 0.497 e. The van der Waals surface area contributed by atoms with Crippen molar-refractivity contribution in [1.82, 2.24) is 5.32 Å². The first-order chi connectivity index (χ1) is 13.5. The zero-order valence-corrected chi connectivity index (χ0v) is 15.3. The first kappa shape index (κ1) is 19.2. The van der Waals surface area contributed by atoms with Crippen molar-refractivity contribution in [3.63, 3.8) is 0 Å². The van der Waals surface area contributed by atoms with E-state index in [2.05, 4.69) is 10.6 Å². The molecule has 1 unspecified atom stereocenters. The summed E-state index contributed by atoms with van der Waals surface area (Å²) in [7, 11) is 1.53. The summed E-state index contributed by atoms with van der Waals surface area (Å²) in [4.78, 5) is 37.8. The number of benzene rings is 2. The molecule has 8 heteroatoms. The van der Waals surface area contributed by atoms with E-state index in [9.17, 15) is 19.5 Å². The maximum Gasteiger partial charge on any atom is 0.323 e. The number of carbonyl (C=O) groups excluding carboxylic acids is 2. The van der Waals surface area contributed by atoms with Crippen LogP contribution < -0.4 is 20.3 Å². The second-order valence-corrected chi connectivity index (χ2v) is 6.37. The molecule has 1 atom stereocenters. The van der Waals surface area contributed by atoms with Gasteiger partial charge in [0.05, 0.1) is 7.11 Å². The van der Waals surface area contributed by atoms with Gasteiger partial charge in [-0.1, -0.05) is 24.3 Å². The SMILES string of the molecule is COc1cccc(NC(=O)NC2CCc3ccccc3N(CC(=O)O)C2=O)c1. The van der Waals surface area contributed by atoms with Gasteiger partial charge in [0, 0.05) is 17.4 Å². The van der Waals surface area contributed by atoms with E-state index in [0.29, 0.717) is 30.0 Å². The fourth-order valence-electron chi connectivity index (χ4n) is 3.17. The molecular weight excluding hydrogens is 362 g/mol. The van der Waals surface area contributed by atoms with Crippen LogP contribution in [0.2, 0.25) is 0 Å². The van der Waals surface area contributed by atoms with Crippen LogP contribution in [0.3, 0.4) is 0 Å². The second kappa shape index (κ2) is 8.43. The van der Waals surface area contributed by atoms with Crippen molar-refractivity contribution in [2.24, 2.45) is 0 Å². The van der Waals surface area contributed by atoms with Gasteiger partial charge in [-0.15, -0.1) is 0 Å². The lowest BCUT2D eigenvalue weighted by atomic mass is 10.1. The van der Waals surface area contributed by atoms with Crippen LogP contribution in [0.4, 0.5) is 16.2 Å². The molecule has 0 aromatic heterocycles. The number of hydrogen-bond donors (Lipinski definition) is 3. The molecule has 0 saturated heterocycles. The van der Waals surface area contributed by atoms with Gasteiger partial charge >= 0.3 is 12.0 Å². The van der Waals surface area contributed by atoms with Crippen molar-refractivity contribution in [1.29, 1.82) is 0 Å². The van der Waals surface area contributed by atoms with Crippen molar-refractivity contribution in [3.05, 3.63) is 54.1 Å². The average Bonchev–Trinajstić information content (AvgIpc) is 2.80. The van der Waals surface area contributed by atoms with Crippen LogP contribution in [0.25, 0.3) is 0 Å². The number of para-hydroxylation sites is 1. The number of carboxylic acids is 1. The van der Waals surface area contributed by atoms with Crippen molar-refractivity contribution in [2.45, 2.75) is 18.9 Å². The fourth-order valence-corrected chi connectivity index (χ4v) is 3.17. The number of aryl methyl sites for hydroxylation is 1. The van der Waals surface area contributed by atoms with Crippen LogP contribution in [-0.2, 0) is 16.0 Å². The number of aliphatic carboxylic acids is 1. The number of carbonyl (C=O) groups is 3. The third-order valence-corrected chi connectivity index (χ3v) is 4.48. The number of hydrogen-bond acceptors (Lipinski definition) is 4. The first-order valence-corrected chi connectivity index (χ1v) is 8.80. The highest BCUT2D eigenvalue weighted by Crippen LogP contribution is 2.27. The van der Waals surface area contributed by atoms with E-state index >= 15 is 0 Å². The molecule has 0 aliphatic carbocycles. The highest BCUT2D eigenvalue weighted by molar-refractivity contribution is 6.04. The van der Waals surface area contributed by atoms with E-state index in [-0.39, 0.29) is 0 Å². The van der Waals surface area contributed by atoms with Crippen molar-refractivity contribution >= 4 is 29.3 Å². The molecule has 1 aliphatic rings. The topological polar surface area (TPSA) is 108 Å². The first-order valence-electron chi connectivity index (χ1n) is 8.80. The Morgan fingerprint density at radius 1 is 1.21 bits per heavy atom. The highest BCUT2D eigenvalue weighted by Gasteiger charge is 2.32. The maximum atomic E-state index is 12.9. The second-order valence-electron chi connectivity index (χ2n) is 6.37. The number of carboxylic acid groups (broad SMARTS) is 1. The summed E-state index contributed by atoms with van der Waals surface area (Å²) < 4.78 is 5.12. The molecular formula is C20H21N3O5. The van der Waals surface area contributed by atoms with E-state index in [1.165, 1.54) is 12.0 Å². The minimum atomic E-state index is -1.12. The van der Waals surface area contributed by atoms with Crippen molar-refractivity contribution in [3.8, 4) is 5.75 Å². The van der Waals surface area contributed by atoms with Crippen LogP contribution in [-0.4, -0.2) is 42.7 Å². The number of nitrogens with zero attached hydrogens (tertiary/aromatic N) is 1. The summed E-state index contributed by atoms with van der Waals surface area (Å²) in [6.45, 7) is -0.467. The van der Waals surface area contributed by atoms with Crippen LogP contribution in [0.15, 0.2) is 48.5 Å². The number of amides is 3. The molecule has 3 N–H and O–H groups in total. The van der Waals surface area contributed by atoms with Crippen LogP contribution >= 0.6 is 0 Å². The molecule has 1 heterocycles. The van der Waals surface area contributed by atoms with Crippen molar-refractivity contribution in [2.75, 3.05) is 23.9 Å². The summed E-state index contributed by atoms with van der Waals surface area (Å²) >= 11 is 0. The van der Waals surface area contributed by atoms with Crippen molar-refractivity contribution < 1.29 is 24.2 Å². The highest BCUT2D eigenvalue weighted by atomic mass is 16.5. The predicted octanol–water partition coefficient (Wildman–Crippen LogP) is 2.25. The number of urea groups is 1. The third kappa shape index (κ3) is 4.40. The van der Waals surface area contributed by atoms with E-state index in [1.807, 2.05) is 12.1 Å². The van der Waals surface area contributed by atoms with Gasteiger partial charge in [0.1, 0.15) is 18.3 Å². The molecule has 0 fully saturated rings. The number of fused-ring (bicyclic) bond motifs is 1. The molecule has 28 heavy (non-hydrogen) atoms. The Bertz CT molecular complexity index is 899. The van der Waals surface area contributed by atoms with E-state index in [0.717, 1.165) is 5.56 Å². The molecule has 146 valence electrons. The Morgan fingerprint density at radius 2 is 2.00 bits per heavy atom. The number of anilines is 2. The molecule has 3 rings (SSSR count). The summed E-state index contributed by atoms with van der Waals surface area (Å²) in [5, 5.41) is 14.5. The zero-order chi connectivity index (χ0) is 20.1. The monoisotopic (exact) mass is 383 g/mol. The normalized spacial score (nSPS) is 16.0. The van der Waals surface area contributed by atoms with Gasteiger partial charge in [0.15, 0.2) is 0 Å². The van der Waals surface area contributed by atoms with Crippen LogP contribution in [0, 0.1) is 0 Å². The third-order valence-electron chi connectivity index (χ3n) is 4.48. The van der Waals surface area contributed by atoms with E-state index in [4.69, 9.17) is 4.74 Å².